The minimum atomic E-state index is -0.332. The smallest absolute Gasteiger partial charge is 0.274 e. The second kappa shape index (κ2) is 8.56. The minimum absolute atomic E-state index is 0.00626. The normalized spacial score (nSPS) is 15.0. The van der Waals surface area contributed by atoms with Crippen LogP contribution in [0.5, 0.6) is 10.9 Å². The first kappa shape index (κ1) is 18.7. The highest BCUT2D eigenvalue weighted by Gasteiger charge is 2.24. The zero-order chi connectivity index (χ0) is 19.3. The van der Waals surface area contributed by atoms with Gasteiger partial charge in [-0.1, -0.05) is 35.6 Å². The van der Waals surface area contributed by atoms with Crippen LogP contribution in [-0.2, 0) is 4.79 Å². The van der Waals surface area contributed by atoms with Gasteiger partial charge in [0.05, 0.1) is 17.7 Å². The van der Waals surface area contributed by atoms with Gasteiger partial charge < -0.3 is 14.4 Å². The summed E-state index contributed by atoms with van der Waals surface area (Å²) in [5.74, 6) is 0.535. The summed E-state index contributed by atoms with van der Waals surface area (Å²) in [5.41, 5.74) is 0.355. The summed E-state index contributed by atoms with van der Waals surface area (Å²) in [6, 6.07) is 14.4. The number of hydrogen-bond donors (Lipinski definition) is 0. The lowest BCUT2D eigenvalue weighted by atomic mass is 10.1. The molecule has 0 N–H and O–H groups in total. The minimum Gasteiger partial charge on any atom is -0.493 e. The van der Waals surface area contributed by atoms with Crippen molar-refractivity contribution in [2.45, 2.75) is 25.4 Å². The van der Waals surface area contributed by atoms with E-state index in [4.69, 9.17) is 9.47 Å². The Kier molecular flexibility index (Phi) is 5.71. The predicted octanol–water partition coefficient (Wildman–Crippen LogP) is 4.27. The maximum absolute atomic E-state index is 13.8. The lowest BCUT2D eigenvalue weighted by Crippen LogP contribution is -2.42. The lowest BCUT2D eigenvalue weighted by Gasteiger charge is -2.31. The summed E-state index contributed by atoms with van der Waals surface area (Å²) < 4.78 is 26.1. The molecule has 3 aromatic rings. The molecule has 1 aliphatic heterocycles. The van der Waals surface area contributed by atoms with Gasteiger partial charge in [0.15, 0.2) is 0 Å². The number of thiazole rings is 1. The molecule has 0 aliphatic carbocycles. The molecule has 0 radical (unpaired) electrons. The number of hydrogen-bond acceptors (Lipinski definition) is 5. The number of piperidine rings is 1. The molecule has 0 spiro atoms. The van der Waals surface area contributed by atoms with Crippen molar-refractivity contribution < 1.29 is 18.7 Å². The molecule has 0 bridgehead atoms. The topological polar surface area (TPSA) is 51.7 Å². The molecule has 5 nitrogen and oxygen atoms in total. The fourth-order valence-corrected chi connectivity index (χ4v) is 4.14. The summed E-state index contributed by atoms with van der Waals surface area (Å²) in [6.07, 6.45) is 1.83. The average molecular weight is 400 g/mol. The molecule has 1 aliphatic rings. The number of carbonyl (C=O) groups is 1. The van der Waals surface area contributed by atoms with Gasteiger partial charge in [0.1, 0.15) is 23.2 Å². The highest BCUT2D eigenvalue weighted by Crippen LogP contribution is 2.31. The summed E-state index contributed by atoms with van der Waals surface area (Å²) in [5, 5.41) is 0.487. The van der Waals surface area contributed by atoms with Gasteiger partial charge in [-0.05, 0) is 24.3 Å². The Hall–Kier alpha value is -2.67. The molecule has 1 aromatic heterocycles. The van der Waals surface area contributed by atoms with Crippen LogP contribution < -0.4 is 9.47 Å². The third-order valence-corrected chi connectivity index (χ3v) is 5.65. The largest absolute Gasteiger partial charge is 0.493 e. The Morgan fingerprint density at radius 3 is 2.68 bits per heavy atom. The van der Waals surface area contributed by atoms with Crippen LogP contribution in [0.25, 0.3) is 10.2 Å². The van der Waals surface area contributed by atoms with Gasteiger partial charge in [-0.2, -0.15) is 4.98 Å². The average Bonchev–Trinajstić information content (AvgIpc) is 3.13. The Labute approximate surface area is 166 Å². The summed E-state index contributed by atoms with van der Waals surface area (Å²) in [6.45, 7) is 1.67. The van der Waals surface area contributed by atoms with E-state index in [2.05, 4.69) is 4.98 Å². The molecule has 0 saturated carbocycles. The quantitative estimate of drug-likeness (QED) is 0.620. The summed E-state index contributed by atoms with van der Waals surface area (Å²) in [7, 11) is 0. The molecule has 1 amide bonds. The summed E-state index contributed by atoms with van der Waals surface area (Å²) in [4.78, 5) is 18.5. The number of carbonyl (C=O) groups excluding carboxylic acids is 1. The zero-order valence-corrected chi connectivity index (χ0v) is 16.2. The first-order chi connectivity index (χ1) is 13.7. The van der Waals surface area contributed by atoms with E-state index in [0.29, 0.717) is 36.8 Å². The molecule has 1 saturated heterocycles. The molecule has 0 atom stereocenters. The van der Waals surface area contributed by atoms with Crippen LogP contribution in [-0.4, -0.2) is 41.6 Å². The second-order valence-electron chi connectivity index (χ2n) is 6.68. The molecular formula is C21H21FN2O3S. The van der Waals surface area contributed by atoms with Crippen LogP contribution >= 0.6 is 11.3 Å². The number of fused-ring (bicyclic) bond motifs is 1. The number of nitrogens with zero attached hydrogens (tertiary/aromatic N) is 2. The number of para-hydroxylation sites is 2. The van der Waals surface area contributed by atoms with Crippen LogP contribution in [0.1, 0.15) is 19.3 Å². The molecule has 2 heterocycles. The van der Waals surface area contributed by atoms with E-state index >= 15 is 0 Å². The molecule has 7 heteroatoms. The monoisotopic (exact) mass is 400 g/mol. The third-order valence-electron chi connectivity index (χ3n) is 4.74. The van der Waals surface area contributed by atoms with E-state index in [0.717, 1.165) is 23.3 Å². The van der Waals surface area contributed by atoms with Crippen molar-refractivity contribution in [2.75, 3.05) is 19.7 Å². The fourth-order valence-electron chi connectivity index (χ4n) is 3.24. The number of amides is 1. The van der Waals surface area contributed by atoms with Crippen molar-refractivity contribution in [3.8, 4) is 10.9 Å². The summed E-state index contributed by atoms with van der Waals surface area (Å²) >= 11 is 1.35. The Morgan fingerprint density at radius 1 is 1.14 bits per heavy atom. The van der Waals surface area contributed by atoms with Crippen LogP contribution in [0.2, 0.25) is 0 Å². The maximum Gasteiger partial charge on any atom is 0.274 e. The van der Waals surface area contributed by atoms with Crippen LogP contribution in [0.4, 0.5) is 4.39 Å². The van der Waals surface area contributed by atoms with Crippen molar-refractivity contribution in [2.24, 2.45) is 0 Å². The zero-order valence-electron chi connectivity index (χ0n) is 15.3. The number of aromatic nitrogens is 1. The Bertz CT molecular complexity index is 939. The number of ether oxygens (including phenoxy) is 2. The SMILES string of the molecule is O=C(CCOc1ccccc1)N1CCC(Oc2nc3c(F)cccc3s2)CC1. The predicted molar refractivity (Wildman–Crippen MR) is 106 cm³/mol. The second-order valence-corrected chi connectivity index (χ2v) is 7.67. The molecular weight excluding hydrogens is 379 g/mol. The van der Waals surface area contributed by atoms with E-state index in [1.807, 2.05) is 41.3 Å². The van der Waals surface area contributed by atoms with Crippen LogP contribution in [0.15, 0.2) is 48.5 Å². The third kappa shape index (κ3) is 4.42. The number of likely N-dealkylation sites (tertiary alicyclic amines) is 1. The van der Waals surface area contributed by atoms with Crippen LogP contribution in [0, 0.1) is 5.82 Å². The highest BCUT2D eigenvalue weighted by atomic mass is 32.1. The number of rotatable bonds is 6. The van der Waals surface area contributed by atoms with Crippen molar-refractivity contribution in [1.82, 2.24) is 9.88 Å². The number of halogens is 1. The molecule has 0 unspecified atom stereocenters. The maximum atomic E-state index is 13.8. The molecule has 1 fully saturated rings. The Morgan fingerprint density at radius 2 is 1.93 bits per heavy atom. The first-order valence-electron chi connectivity index (χ1n) is 9.36. The van der Waals surface area contributed by atoms with Gasteiger partial charge in [0, 0.05) is 25.9 Å². The molecule has 28 heavy (non-hydrogen) atoms. The van der Waals surface area contributed by atoms with Gasteiger partial charge in [-0.15, -0.1) is 0 Å². The van der Waals surface area contributed by atoms with E-state index in [1.54, 1.807) is 6.07 Å². The first-order valence-corrected chi connectivity index (χ1v) is 10.2. The van der Waals surface area contributed by atoms with Gasteiger partial charge in [-0.3, -0.25) is 4.79 Å². The van der Waals surface area contributed by atoms with E-state index in [1.165, 1.54) is 17.4 Å². The van der Waals surface area contributed by atoms with Crippen molar-refractivity contribution in [1.29, 1.82) is 0 Å². The lowest BCUT2D eigenvalue weighted by molar-refractivity contribution is -0.133. The fraction of sp³-hybridized carbons (Fsp3) is 0.333. The van der Waals surface area contributed by atoms with E-state index in [9.17, 15) is 9.18 Å². The van der Waals surface area contributed by atoms with Gasteiger partial charge >= 0.3 is 0 Å². The molecule has 4 rings (SSSR count). The van der Waals surface area contributed by atoms with Crippen molar-refractivity contribution in [3.63, 3.8) is 0 Å². The number of benzene rings is 2. The van der Waals surface area contributed by atoms with Gasteiger partial charge in [0.25, 0.3) is 5.19 Å². The Balaban J connectivity index is 1.23. The van der Waals surface area contributed by atoms with Gasteiger partial charge in [0.2, 0.25) is 5.91 Å². The highest BCUT2D eigenvalue weighted by molar-refractivity contribution is 7.20. The van der Waals surface area contributed by atoms with Crippen molar-refractivity contribution >= 4 is 27.5 Å². The van der Waals surface area contributed by atoms with E-state index in [-0.39, 0.29) is 17.8 Å². The van der Waals surface area contributed by atoms with Crippen molar-refractivity contribution in [3.05, 3.63) is 54.3 Å². The molecule has 2 aromatic carbocycles. The van der Waals surface area contributed by atoms with Gasteiger partial charge in [-0.25, -0.2) is 4.39 Å². The van der Waals surface area contributed by atoms with Crippen LogP contribution in [0.3, 0.4) is 0 Å². The molecule has 146 valence electrons. The standard InChI is InChI=1S/C21H21FN2O3S/c22-17-7-4-8-18-20(17)23-21(28-18)27-16-9-12-24(13-10-16)19(25)11-14-26-15-5-2-1-3-6-15/h1-8,16H,9-14H2. The van der Waals surface area contributed by atoms with E-state index < -0.39 is 0 Å².